The molecular weight excluding hydrogens is 382 g/mol. The summed E-state index contributed by atoms with van der Waals surface area (Å²) < 4.78 is 10.4. The maximum atomic E-state index is 12.7. The van der Waals surface area contributed by atoms with Gasteiger partial charge in [-0.1, -0.05) is 27.7 Å². The molecule has 1 rings (SSSR count). The van der Waals surface area contributed by atoms with E-state index in [-0.39, 0.29) is 30.1 Å². The van der Waals surface area contributed by atoms with E-state index >= 15 is 0 Å². The third kappa shape index (κ3) is 7.20. The Balaban J connectivity index is 0.00000729. The maximum absolute atomic E-state index is 12.7. The number of amides is 2. The minimum atomic E-state index is -0.673. The van der Waals surface area contributed by atoms with Gasteiger partial charge >= 0.3 is 0 Å². The Kier molecular flexibility index (Phi) is 10.9. The summed E-state index contributed by atoms with van der Waals surface area (Å²) in [5.74, 6) is 0.306. The molecule has 1 aromatic carbocycles. The summed E-state index contributed by atoms with van der Waals surface area (Å²) in [5.41, 5.74) is 6.17. The van der Waals surface area contributed by atoms with Crippen LogP contribution in [0, 0.1) is 5.92 Å². The smallest absolute Gasteiger partial charge is 0.252 e. The van der Waals surface area contributed by atoms with Crippen molar-refractivity contribution in [1.29, 1.82) is 0 Å². The fourth-order valence-corrected chi connectivity index (χ4v) is 2.57. The molecular formula is C20H34ClN3O4. The molecule has 2 amide bonds. The topological polar surface area (TPSA) is 103 Å². The van der Waals surface area contributed by atoms with Crippen molar-refractivity contribution in [2.45, 2.75) is 52.1 Å². The van der Waals surface area contributed by atoms with Gasteiger partial charge < -0.3 is 25.8 Å². The summed E-state index contributed by atoms with van der Waals surface area (Å²) in [6.07, 6.45) is 1.51. The van der Waals surface area contributed by atoms with Crippen molar-refractivity contribution in [2.75, 3.05) is 20.8 Å². The minimum absolute atomic E-state index is 0. The number of benzene rings is 1. The number of halogens is 1. The molecule has 1 unspecified atom stereocenters. The predicted octanol–water partition coefficient (Wildman–Crippen LogP) is 2.51. The zero-order chi connectivity index (χ0) is 20.6. The fourth-order valence-electron chi connectivity index (χ4n) is 2.57. The molecule has 0 aliphatic heterocycles. The van der Waals surface area contributed by atoms with Gasteiger partial charge in [-0.25, -0.2) is 0 Å². The molecule has 0 aromatic heterocycles. The second-order valence-electron chi connectivity index (χ2n) is 7.08. The molecule has 8 heteroatoms. The van der Waals surface area contributed by atoms with Gasteiger partial charge in [-0.3, -0.25) is 9.59 Å². The monoisotopic (exact) mass is 415 g/mol. The highest BCUT2D eigenvalue weighted by molar-refractivity contribution is 5.98. The van der Waals surface area contributed by atoms with Crippen molar-refractivity contribution < 1.29 is 19.1 Å². The van der Waals surface area contributed by atoms with E-state index < -0.39 is 11.6 Å². The van der Waals surface area contributed by atoms with Crippen LogP contribution in [0.15, 0.2) is 18.2 Å². The third-order valence-electron chi connectivity index (χ3n) is 4.87. The van der Waals surface area contributed by atoms with Gasteiger partial charge in [0.05, 0.1) is 14.2 Å². The number of hydrogen-bond donors (Lipinski definition) is 3. The highest BCUT2D eigenvalue weighted by Crippen LogP contribution is 2.22. The van der Waals surface area contributed by atoms with Gasteiger partial charge in [0.2, 0.25) is 5.91 Å². The Bertz CT molecular complexity index is 626. The van der Waals surface area contributed by atoms with Crippen LogP contribution in [-0.2, 0) is 4.79 Å². The largest absolute Gasteiger partial charge is 0.497 e. The number of carbonyl (C=O) groups is 2. The molecule has 0 spiro atoms. The van der Waals surface area contributed by atoms with Crippen LogP contribution in [0.5, 0.6) is 11.5 Å². The quantitative estimate of drug-likeness (QED) is 0.544. The zero-order valence-corrected chi connectivity index (χ0v) is 18.4. The molecule has 4 N–H and O–H groups in total. The van der Waals surface area contributed by atoms with Crippen molar-refractivity contribution in [3.8, 4) is 11.5 Å². The average Bonchev–Trinajstić information content (AvgIpc) is 2.68. The van der Waals surface area contributed by atoms with Crippen LogP contribution in [0.1, 0.15) is 50.9 Å². The van der Waals surface area contributed by atoms with Gasteiger partial charge in [0, 0.05) is 23.7 Å². The summed E-state index contributed by atoms with van der Waals surface area (Å²) >= 11 is 0. The molecule has 0 bridgehead atoms. The van der Waals surface area contributed by atoms with Gasteiger partial charge in [0.15, 0.2) is 0 Å². The van der Waals surface area contributed by atoms with Crippen LogP contribution in [0.4, 0.5) is 0 Å². The zero-order valence-electron chi connectivity index (χ0n) is 17.6. The van der Waals surface area contributed by atoms with Crippen molar-refractivity contribution in [3.05, 3.63) is 23.8 Å². The average molecular weight is 416 g/mol. The van der Waals surface area contributed by atoms with Gasteiger partial charge in [0.1, 0.15) is 17.5 Å². The second kappa shape index (κ2) is 11.8. The number of carbonyl (C=O) groups excluding carboxylic acids is 2. The van der Waals surface area contributed by atoms with Crippen LogP contribution in [0.3, 0.4) is 0 Å². The SMILES string of the molecule is CCC(N)(CC)CNC(=O)C(NC(=O)c1cc(OC)cc(OC)c1)C(C)C.Cl. The van der Waals surface area contributed by atoms with E-state index in [9.17, 15) is 9.59 Å². The summed E-state index contributed by atoms with van der Waals surface area (Å²) in [6.45, 7) is 8.12. The molecule has 0 fully saturated rings. The molecule has 0 aliphatic carbocycles. The lowest BCUT2D eigenvalue weighted by Gasteiger charge is -2.29. The van der Waals surface area contributed by atoms with Gasteiger partial charge in [-0.2, -0.15) is 0 Å². The summed E-state index contributed by atoms with van der Waals surface area (Å²) in [5, 5.41) is 5.68. The van der Waals surface area contributed by atoms with Gasteiger partial charge in [0.25, 0.3) is 5.91 Å². The standard InChI is InChI=1S/C20H33N3O4.ClH/c1-7-20(21,8-2)12-22-19(25)17(13(3)4)23-18(24)14-9-15(26-5)11-16(10-14)27-6;/h9-11,13,17H,7-8,12,21H2,1-6H3,(H,22,25)(H,23,24);1H. The van der Waals surface area contributed by atoms with E-state index in [4.69, 9.17) is 15.2 Å². The van der Waals surface area contributed by atoms with E-state index in [1.165, 1.54) is 14.2 Å². The number of methoxy groups -OCH3 is 2. The molecule has 7 nitrogen and oxygen atoms in total. The van der Waals surface area contributed by atoms with Crippen molar-refractivity contribution in [1.82, 2.24) is 10.6 Å². The Morgan fingerprint density at radius 2 is 1.57 bits per heavy atom. The molecule has 160 valence electrons. The first-order valence-electron chi connectivity index (χ1n) is 9.30. The van der Waals surface area contributed by atoms with E-state index in [0.29, 0.717) is 23.6 Å². The molecule has 28 heavy (non-hydrogen) atoms. The lowest BCUT2D eigenvalue weighted by atomic mass is 9.94. The Hall–Kier alpha value is -1.99. The molecule has 0 heterocycles. The van der Waals surface area contributed by atoms with Gasteiger partial charge in [-0.05, 0) is 30.9 Å². The summed E-state index contributed by atoms with van der Waals surface area (Å²) in [7, 11) is 3.03. The van der Waals surface area contributed by atoms with E-state index in [0.717, 1.165) is 12.8 Å². The molecule has 0 saturated heterocycles. The first kappa shape index (κ1) is 26.0. The maximum Gasteiger partial charge on any atom is 0.252 e. The van der Waals surface area contributed by atoms with Crippen molar-refractivity contribution in [3.63, 3.8) is 0 Å². The van der Waals surface area contributed by atoms with Crippen LogP contribution in [-0.4, -0.2) is 44.2 Å². The molecule has 0 radical (unpaired) electrons. The Labute approximate surface area is 174 Å². The molecule has 0 aliphatic rings. The van der Waals surface area contributed by atoms with Crippen molar-refractivity contribution >= 4 is 24.2 Å². The lowest BCUT2D eigenvalue weighted by molar-refractivity contribution is -0.124. The number of rotatable bonds is 10. The first-order valence-corrected chi connectivity index (χ1v) is 9.30. The Morgan fingerprint density at radius 1 is 1.07 bits per heavy atom. The van der Waals surface area contributed by atoms with Crippen LogP contribution >= 0.6 is 12.4 Å². The molecule has 1 atom stereocenters. The molecule has 1 aromatic rings. The lowest BCUT2D eigenvalue weighted by Crippen LogP contribution is -2.55. The fraction of sp³-hybridized carbons (Fsp3) is 0.600. The number of nitrogens with one attached hydrogen (secondary N) is 2. The molecule has 0 saturated carbocycles. The number of nitrogens with two attached hydrogens (primary N) is 1. The van der Waals surface area contributed by atoms with Gasteiger partial charge in [-0.15, -0.1) is 12.4 Å². The highest BCUT2D eigenvalue weighted by atomic mass is 35.5. The van der Waals surface area contributed by atoms with Crippen LogP contribution in [0.25, 0.3) is 0 Å². The van der Waals surface area contributed by atoms with Crippen molar-refractivity contribution in [2.24, 2.45) is 11.7 Å². The van der Waals surface area contributed by atoms with Crippen LogP contribution in [0.2, 0.25) is 0 Å². The third-order valence-corrected chi connectivity index (χ3v) is 4.87. The van der Waals surface area contributed by atoms with Crippen LogP contribution < -0.4 is 25.8 Å². The normalized spacial score (nSPS) is 12.0. The minimum Gasteiger partial charge on any atom is -0.497 e. The van der Waals surface area contributed by atoms with E-state index in [1.54, 1.807) is 18.2 Å². The Morgan fingerprint density at radius 3 is 1.96 bits per heavy atom. The highest BCUT2D eigenvalue weighted by Gasteiger charge is 2.28. The van der Waals surface area contributed by atoms with E-state index in [2.05, 4.69) is 10.6 Å². The second-order valence-corrected chi connectivity index (χ2v) is 7.08. The van der Waals surface area contributed by atoms with E-state index in [1.807, 2.05) is 27.7 Å². The number of ether oxygens (including phenoxy) is 2. The summed E-state index contributed by atoms with van der Waals surface area (Å²) in [4.78, 5) is 25.3. The summed E-state index contributed by atoms with van der Waals surface area (Å²) in [6, 6.07) is 4.21. The number of hydrogen-bond acceptors (Lipinski definition) is 5. The first-order chi connectivity index (χ1) is 12.7. The predicted molar refractivity (Wildman–Crippen MR) is 113 cm³/mol.